The Morgan fingerprint density at radius 3 is 3.00 bits per heavy atom. The van der Waals surface area contributed by atoms with Gasteiger partial charge in [0.05, 0.1) is 12.3 Å². The summed E-state index contributed by atoms with van der Waals surface area (Å²) in [4.78, 5) is 4.26. The van der Waals surface area contributed by atoms with Crippen LogP contribution in [0.2, 0.25) is 0 Å². The van der Waals surface area contributed by atoms with E-state index in [0.29, 0.717) is 0 Å². The number of aliphatic hydroxyl groups excluding tert-OH is 1. The molecule has 68 valence electrons. The van der Waals surface area contributed by atoms with E-state index in [-0.39, 0.29) is 6.61 Å². The smallest absolute Gasteiger partial charge is 0.137 e. The van der Waals surface area contributed by atoms with Gasteiger partial charge in [0.15, 0.2) is 0 Å². The summed E-state index contributed by atoms with van der Waals surface area (Å²) in [6.45, 7) is 1.93. The van der Waals surface area contributed by atoms with Gasteiger partial charge in [-0.2, -0.15) is 0 Å². The normalized spacial score (nSPS) is 11.0. The second-order valence-corrected chi connectivity index (χ2v) is 3.79. The number of hydrogen-bond donors (Lipinski definition) is 1. The minimum absolute atomic E-state index is 0.00880. The van der Waals surface area contributed by atoms with Gasteiger partial charge in [0.25, 0.3) is 0 Å². The molecule has 0 aliphatic carbocycles. The fourth-order valence-corrected chi connectivity index (χ4v) is 1.67. The van der Waals surface area contributed by atoms with Gasteiger partial charge in [0.2, 0.25) is 0 Å². The van der Waals surface area contributed by atoms with Crippen LogP contribution in [0.25, 0.3) is 5.65 Å². The number of rotatable bonds is 1. The van der Waals surface area contributed by atoms with Crippen LogP contribution in [-0.4, -0.2) is 14.5 Å². The third kappa shape index (κ3) is 1.36. The molecule has 0 aliphatic rings. The van der Waals surface area contributed by atoms with Crippen molar-refractivity contribution in [3.8, 4) is 0 Å². The van der Waals surface area contributed by atoms with Gasteiger partial charge in [0, 0.05) is 16.4 Å². The van der Waals surface area contributed by atoms with Crippen molar-refractivity contribution in [1.29, 1.82) is 0 Å². The largest absolute Gasteiger partial charge is 0.390 e. The highest BCUT2D eigenvalue weighted by molar-refractivity contribution is 9.10. The third-order valence-electron chi connectivity index (χ3n) is 2.07. The zero-order valence-electron chi connectivity index (χ0n) is 7.16. The lowest BCUT2D eigenvalue weighted by Gasteiger charge is -1.96. The monoisotopic (exact) mass is 240 g/mol. The lowest BCUT2D eigenvalue weighted by molar-refractivity contribution is 0.276. The topological polar surface area (TPSA) is 37.5 Å². The molecule has 0 saturated heterocycles. The first kappa shape index (κ1) is 8.72. The maximum Gasteiger partial charge on any atom is 0.137 e. The maximum absolute atomic E-state index is 9.00. The van der Waals surface area contributed by atoms with Crippen LogP contribution in [0.3, 0.4) is 0 Å². The third-order valence-corrected chi connectivity index (χ3v) is 2.54. The molecule has 0 atom stereocenters. The van der Waals surface area contributed by atoms with Crippen molar-refractivity contribution in [3.05, 3.63) is 34.2 Å². The predicted molar refractivity (Wildman–Crippen MR) is 53.6 cm³/mol. The minimum Gasteiger partial charge on any atom is -0.390 e. The van der Waals surface area contributed by atoms with E-state index in [4.69, 9.17) is 5.11 Å². The molecule has 0 aromatic carbocycles. The van der Waals surface area contributed by atoms with Gasteiger partial charge in [-0.3, -0.25) is 0 Å². The molecule has 0 fully saturated rings. The second kappa shape index (κ2) is 3.12. The van der Waals surface area contributed by atoms with Gasteiger partial charge in [-0.1, -0.05) is 0 Å². The molecule has 2 heterocycles. The quantitative estimate of drug-likeness (QED) is 0.827. The van der Waals surface area contributed by atoms with E-state index in [0.717, 1.165) is 21.5 Å². The van der Waals surface area contributed by atoms with Crippen molar-refractivity contribution in [2.24, 2.45) is 0 Å². The molecule has 0 unspecified atom stereocenters. The van der Waals surface area contributed by atoms with E-state index >= 15 is 0 Å². The summed E-state index contributed by atoms with van der Waals surface area (Å²) < 4.78 is 2.96. The average Bonchev–Trinajstić information content (AvgIpc) is 2.44. The number of hydrogen-bond acceptors (Lipinski definition) is 2. The first-order valence-corrected chi connectivity index (χ1v) is 4.75. The molecular formula is C9H9BrN2O. The van der Waals surface area contributed by atoms with Crippen molar-refractivity contribution in [2.45, 2.75) is 13.5 Å². The van der Waals surface area contributed by atoms with E-state index in [1.807, 2.05) is 29.7 Å². The first-order valence-electron chi connectivity index (χ1n) is 3.96. The van der Waals surface area contributed by atoms with E-state index in [9.17, 15) is 0 Å². The van der Waals surface area contributed by atoms with Gasteiger partial charge in [-0.25, -0.2) is 4.98 Å². The molecule has 3 nitrogen and oxygen atoms in total. The summed E-state index contributed by atoms with van der Waals surface area (Å²) in [5.41, 5.74) is 2.58. The lowest BCUT2D eigenvalue weighted by Crippen LogP contribution is -1.89. The van der Waals surface area contributed by atoms with Crippen LogP contribution < -0.4 is 0 Å². The highest BCUT2D eigenvalue weighted by atomic mass is 79.9. The summed E-state index contributed by atoms with van der Waals surface area (Å²) >= 11 is 3.39. The summed E-state index contributed by atoms with van der Waals surface area (Å²) in [6.07, 6.45) is 1.94. The summed E-state index contributed by atoms with van der Waals surface area (Å²) in [5, 5.41) is 9.00. The Morgan fingerprint density at radius 1 is 1.54 bits per heavy atom. The lowest BCUT2D eigenvalue weighted by atomic mass is 10.4. The predicted octanol–water partition coefficient (Wildman–Crippen LogP) is 1.90. The first-order chi connectivity index (χ1) is 6.22. The fraction of sp³-hybridized carbons (Fsp3) is 0.222. The number of nitrogens with zero attached hydrogens (tertiary/aromatic N) is 2. The van der Waals surface area contributed by atoms with Crippen LogP contribution in [0.5, 0.6) is 0 Å². The van der Waals surface area contributed by atoms with E-state index in [1.165, 1.54) is 0 Å². The Balaban J connectivity index is 2.77. The minimum atomic E-state index is -0.00880. The summed E-state index contributed by atoms with van der Waals surface area (Å²) in [7, 11) is 0. The number of fused-ring (bicyclic) bond motifs is 1. The van der Waals surface area contributed by atoms with Gasteiger partial charge in [-0.15, -0.1) is 0 Å². The average molecular weight is 241 g/mol. The van der Waals surface area contributed by atoms with Crippen molar-refractivity contribution < 1.29 is 5.11 Å². The molecule has 1 N–H and O–H groups in total. The van der Waals surface area contributed by atoms with Crippen molar-refractivity contribution in [3.63, 3.8) is 0 Å². The molecule has 2 rings (SSSR count). The Morgan fingerprint density at radius 2 is 2.31 bits per heavy atom. The Labute approximate surface area is 84.2 Å². The molecule has 2 aromatic heterocycles. The van der Waals surface area contributed by atoms with Gasteiger partial charge >= 0.3 is 0 Å². The van der Waals surface area contributed by atoms with Crippen molar-refractivity contribution in [2.75, 3.05) is 0 Å². The highest BCUT2D eigenvalue weighted by Crippen LogP contribution is 2.16. The zero-order valence-corrected chi connectivity index (χ0v) is 8.74. The summed E-state index contributed by atoms with van der Waals surface area (Å²) in [5.74, 6) is 0. The van der Waals surface area contributed by atoms with Crippen molar-refractivity contribution >= 4 is 21.6 Å². The van der Waals surface area contributed by atoms with Gasteiger partial charge < -0.3 is 9.51 Å². The number of imidazole rings is 1. The second-order valence-electron chi connectivity index (χ2n) is 2.88. The Hall–Kier alpha value is -0.870. The van der Waals surface area contributed by atoms with E-state index < -0.39 is 0 Å². The highest BCUT2D eigenvalue weighted by Gasteiger charge is 2.06. The maximum atomic E-state index is 9.00. The molecule has 13 heavy (non-hydrogen) atoms. The molecule has 0 bridgehead atoms. The molecule has 0 saturated carbocycles. The number of aryl methyl sites for hydroxylation is 1. The molecule has 0 aliphatic heterocycles. The van der Waals surface area contributed by atoms with Crippen molar-refractivity contribution in [1.82, 2.24) is 9.38 Å². The van der Waals surface area contributed by atoms with Gasteiger partial charge in [-0.05, 0) is 35.0 Å². The van der Waals surface area contributed by atoms with Crippen LogP contribution in [0.15, 0.2) is 22.8 Å². The van der Waals surface area contributed by atoms with Crippen LogP contribution in [0.1, 0.15) is 11.4 Å². The van der Waals surface area contributed by atoms with Gasteiger partial charge in [0.1, 0.15) is 5.65 Å². The number of pyridine rings is 1. The molecular weight excluding hydrogens is 232 g/mol. The zero-order chi connectivity index (χ0) is 9.42. The summed E-state index contributed by atoms with van der Waals surface area (Å²) in [6, 6.07) is 3.85. The number of aromatic nitrogens is 2. The number of aliphatic hydroxyl groups is 1. The molecule has 0 amide bonds. The van der Waals surface area contributed by atoms with Crippen LogP contribution >= 0.6 is 15.9 Å². The van der Waals surface area contributed by atoms with E-state index in [1.54, 1.807) is 0 Å². The Kier molecular flexibility index (Phi) is 2.09. The fourth-order valence-electron chi connectivity index (χ4n) is 1.33. The standard InChI is InChI=1S/C9H9BrN2O/c1-6-8(5-13)11-9-3-2-7(10)4-12(6)9/h2-4,13H,5H2,1H3. The SMILES string of the molecule is Cc1c(CO)nc2ccc(Br)cn12. The van der Waals surface area contributed by atoms with Crippen LogP contribution in [0.4, 0.5) is 0 Å². The number of halogens is 1. The molecule has 0 spiro atoms. The molecule has 2 aromatic rings. The van der Waals surface area contributed by atoms with Crippen LogP contribution in [-0.2, 0) is 6.61 Å². The molecule has 4 heteroatoms. The van der Waals surface area contributed by atoms with E-state index in [2.05, 4.69) is 20.9 Å². The van der Waals surface area contributed by atoms with Crippen LogP contribution in [0, 0.1) is 6.92 Å². The molecule has 0 radical (unpaired) electrons. The Bertz CT molecular complexity index is 450.